The number of rotatable bonds is 10. The van der Waals surface area contributed by atoms with Gasteiger partial charge in [-0.25, -0.2) is 0 Å². The second-order valence-electron chi connectivity index (χ2n) is 3.74. The maximum absolute atomic E-state index is 9.26. The zero-order chi connectivity index (χ0) is 10.6. The lowest BCUT2D eigenvalue weighted by molar-refractivity contribution is 0.160. The fraction of sp³-hybridized carbons (Fsp3) is 1.00. The molecule has 3 heteroatoms. The third-order valence-electron chi connectivity index (χ3n) is 2.39. The number of aliphatic hydroxyl groups is 2. The predicted molar refractivity (Wildman–Crippen MR) is 59.3 cm³/mol. The Labute approximate surface area is 87.5 Å². The summed E-state index contributed by atoms with van der Waals surface area (Å²) in [7, 11) is 0. The van der Waals surface area contributed by atoms with Gasteiger partial charge in [-0.3, -0.25) is 0 Å². The van der Waals surface area contributed by atoms with Crippen LogP contribution in [0.4, 0.5) is 0 Å². The van der Waals surface area contributed by atoms with Crippen LogP contribution >= 0.6 is 0 Å². The van der Waals surface area contributed by atoms with Crippen LogP contribution in [0.25, 0.3) is 0 Å². The SMILES string of the molecule is CCC(O)CCNCCCCCCO. The highest BCUT2D eigenvalue weighted by molar-refractivity contribution is 4.55. The Bertz CT molecular complexity index is 109. The summed E-state index contributed by atoms with van der Waals surface area (Å²) in [5.41, 5.74) is 0. The molecule has 3 N–H and O–H groups in total. The predicted octanol–water partition coefficient (Wildman–Crippen LogP) is 1.29. The number of nitrogens with one attached hydrogen (secondary N) is 1. The molecule has 0 heterocycles. The molecular formula is C11H25NO2. The molecule has 1 atom stereocenters. The van der Waals surface area contributed by atoms with Gasteiger partial charge in [-0.2, -0.15) is 0 Å². The van der Waals surface area contributed by atoms with Gasteiger partial charge in [0.2, 0.25) is 0 Å². The molecule has 3 nitrogen and oxygen atoms in total. The molecule has 0 saturated heterocycles. The maximum Gasteiger partial charge on any atom is 0.0549 e. The molecule has 86 valence electrons. The summed E-state index contributed by atoms with van der Waals surface area (Å²) in [5.74, 6) is 0. The normalized spacial score (nSPS) is 13.1. The van der Waals surface area contributed by atoms with Crippen molar-refractivity contribution in [1.29, 1.82) is 0 Å². The van der Waals surface area contributed by atoms with Gasteiger partial charge in [-0.05, 0) is 38.8 Å². The first-order valence-electron chi connectivity index (χ1n) is 5.81. The van der Waals surface area contributed by atoms with Gasteiger partial charge in [0.15, 0.2) is 0 Å². The van der Waals surface area contributed by atoms with E-state index in [0.29, 0.717) is 6.61 Å². The maximum atomic E-state index is 9.26. The summed E-state index contributed by atoms with van der Waals surface area (Å²) in [6.07, 6.45) is 5.96. The Hall–Kier alpha value is -0.120. The number of hydrogen-bond acceptors (Lipinski definition) is 3. The van der Waals surface area contributed by atoms with E-state index in [1.165, 1.54) is 12.8 Å². The van der Waals surface area contributed by atoms with Crippen molar-refractivity contribution in [2.45, 2.75) is 51.6 Å². The third kappa shape index (κ3) is 9.96. The van der Waals surface area contributed by atoms with E-state index in [-0.39, 0.29) is 6.10 Å². The molecule has 0 aromatic heterocycles. The highest BCUT2D eigenvalue weighted by Crippen LogP contribution is 1.98. The second-order valence-corrected chi connectivity index (χ2v) is 3.74. The zero-order valence-electron chi connectivity index (χ0n) is 9.34. The number of unbranched alkanes of at least 4 members (excludes halogenated alkanes) is 3. The lowest BCUT2D eigenvalue weighted by atomic mass is 10.2. The van der Waals surface area contributed by atoms with E-state index in [1.54, 1.807) is 0 Å². The van der Waals surface area contributed by atoms with E-state index < -0.39 is 0 Å². The molecule has 0 spiro atoms. The average Bonchev–Trinajstić information content (AvgIpc) is 2.21. The zero-order valence-corrected chi connectivity index (χ0v) is 9.34. The van der Waals surface area contributed by atoms with Crippen molar-refractivity contribution in [2.75, 3.05) is 19.7 Å². The van der Waals surface area contributed by atoms with Crippen molar-refractivity contribution < 1.29 is 10.2 Å². The molecule has 0 saturated carbocycles. The van der Waals surface area contributed by atoms with E-state index in [1.807, 2.05) is 6.92 Å². The Morgan fingerprint density at radius 1 is 1.07 bits per heavy atom. The van der Waals surface area contributed by atoms with Gasteiger partial charge in [-0.15, -0.1) is 0 Å². The molecule has 0 aromatic carbocycles. The Morgan fingerprint density at radius 3 is 2.43 bits per heavy atom. The Morgan fingerprint density at radius 2 is 1.79 bits per heavy atom. The van der Waals surface area contributed by atoms with Crippen molar-refractivity contribution in [3.05, 3.63) is 0 Å². The summed E-state index contributed by atoms with van der Waals surface area (Å²) in [5, 5.41) is 21.1. The van der Waals surface area contributed by atoms with Crippen molar-refractivity contribution in [1.82, 2.24) is 5.32 Å². The van der Waals surface area contributed by atoms with E-state index >= 15 is 0 Å². The van der Waals surface area contributed by atoms with Crippen LogP contribution in [-0.4, -0.2) is 36.0 Å². The third-order valence-corrected chi connectivity index (χ3v) is 2.39. The highest BCUT2D eigenvalue weighted by Gasteiger charge is 1.98. The summed E-state index contributed by atoms with van der Waals surface area (Å²) in [4.78, 5) is 0. The van der Waals surface area contributed by atoms with Crippen LogP contribution < -0.4 is 5.32 Å². The molecule has 0 aliphatic rings. The van der Waals surface area contributed by atoms with Gasteiger partial charge < -0.3 is 15.5 Å². The minimum Gasteiger partial charge on any atom is -0.396 e. The van der Waals surface area contributed by atoms with Gasteiger partial charge in [-0.1, -0.05) is 19.8 Å². The first-order valence-corrected chi connectivity index (χ1v) is 5.81. The topological polar surface area (TPSA) is 52.5 Å². The van der Waals surface area contributed by atoms with E-state index in [9.17, 15) is 5.11 Å². The van der Waals surface area contributed by atoms with Gasteiger partial charge >= 0.3 is 0 Å². The lowest BCUT2D eigenvalue weighted by Gasteiger charge is -2.08. The fourth-order valence-corrected chi connectivity index (χ4v) is 1.31. The van der Waals surface area contributed by atoms with E-state index in [4.69, 9.17) is 5.11 Å². The van der Waals surface area contributed by atoms with Crippen LogP contribution in [0, 0.1) is 0 Å². The number of hydrogen-bond donors (Lipinski definition) is 3. The molecule has 0 bridgehead atoms. The van der Waals surface area contributed by atoms with E-state index in [2.05, 4.69) is 5.32 Å². The van der Waals surface area contributed by atoms with Crippen LogP contribution in [0.15, 0.2) is 0 Å². The molecule has 14 heavy (non-hydrogen) atoms. The molecule has 0 aliphatic carbocycles. The van der Waals surface area contributed by atoms with Gasteiger partial charge in [0, 0.05) is 6.61 Å². The quantitative estimate of drug-likeness (QED) is 0.469. The highest BCUT2D eigenvalue weighted by atomic mass is 16.3. The first kappa shape index (κ1) is 13.9. The van der Waals surface area contributed by atoms with Crippen LogP contribution in [0.3, 0.4) is 0 Å². The molecule has 0 radical (unpaired) electrons. The van der Waals surface area contributed by atoms with E-state index in [0.717, 1.165) is 38.8 Å². The van der Waals surface area contributed by atoms with Crippen molar-refractivity contribution in [3.63, 3.8) is 0 Å². The summed E-state index contributed by atoms with van der Waals surface area (Å²) in [6, 6.07) is 0. The summed E-state index contributed by atoms with van der Waals surface area (Å²) in [6.45, 7) is 4.26. The van der Waals surface area contributed by atoms with Crippen molar-refractivity contribution in [3.8, 4) is 0 Å². The summed E-state index contributed by atoms with van der Waals surface area (Å²) < 4.78 is 0. The standard InChI is InChI=1S/C11H25NO2/c1-2-11(14)7-9-12-8-5-3-4-6-10-13/h11-14H,2-10H2,1H3. The molecule has 0 aromatic rings. The van der Waals surface area contributed by atoms with Gasteiger partial charge in [0.25, 0.3) is 0 Å². The van der Waals surface area contributed by atoms with Crippen molar-refractivity contribution >= 4 is 0 Å². The molecule has 0 rings (SSSR count). The largest absolute Gasteiger partial charge is 0.396 e. The molecular weight excluding hydrogens is 178 g/mol. The van der Waals surface area contributed by atoms with Crippen LogP contribution in [0.2, 0.25) is 0 Å². The second kappa shape index (κ2) is 11.0. The lowest BCUT2D eigenvalue weighted by Crippen LogP contribution is -2.21. The Balaban J connectivity index is 2.92. The van der Waals surface area contributed by atoms with Crippen LogP contribution in [0.5, 0.6) is 0 Å². The minimum absolute atomic E-state index is 0.142. The number of aliphatic hydroxyl groups excluding tert-OH is 2. The fourth-order valence-electron chi connectivity index (χ4n) is 1.31. The average molecular weight is 203 g/mol. The first-order chi connectivity index (χ1) is 6.81. The smallest absolute Gasteiger partial charge is 0.0549 e. The van der Waals surface area contributed by atoms with Gasteiger partial charge in [0.1, 0.15) is 0 Å². The van der Waals surface area contributed by atoms with Gasteiger partial charge in [0.05, 0.1) is 6.10 Å². The monoisotopic (exact) mass is 203 g/mol. The van der Waals surface area contributed by atoms with Crippen molar-refractivity contribution in [2.24, 2.45) is 0 Å². The Kier molecular flexibility index (Phi) is 10.9. The van der Waals surface area contributed by atoms with Crippen LogP contribution in [0.1, 0.15) is 45.4 Å². The van der Waals surface area contributed by atoms with Crippen LogP contribution in [-0.2, 0) is 0 Å². The molecule has 0 aliphatic heterocycles. The molecule has 0 fully saturated rings. The molecule has 0 amide bonds. The molecule has 1 unspecified atom stereocenters. The summed E-state index contributed by atoms with van der Waals surface area (Å²) >= 11 is 0. The minimum atomic E-state index is -0.142.